The lowest BCUT2D eigenvalue weighted by molar-refractivity contribution is 0.516. The van der Waals surface area contributed by atoms with E-state index in [1.54, 1.807) is 12.4 Å². The van der Waals surface area contributed by atoms with Crippen LogP contribution in [0, 0.1) is 0 Å². The van der Waals surface area contributed by atoms with Gasteiger partial charge in [0.1, 0.15) is 0 Å². The molecule has 0 aliphatic heterocycles. The topological polar surface area (TPSA) is 37.8 Å². The molecule has 1 unspecified atom stereocenters. The van der Waals surface area contributed by atoms with E-state index in [4.69, 9.17) is 11.6 Å². The number of rotatable bonds is 6. The van der Waals surface area contributed by atoms with Gasteiger partial charge in [-0.3, -0.25) is 9.97 Å². The minimum absolute atomic E-state index is 0.147. The SMILES string of the molecule is CCCNC(Cc1ccccc1Cl)c1cnccn1. The van der Waals surface area contributed by atoms with Gasteiger partial charge in [0.05, 0.1) is 11.7 Å². The molecule has 2 rings (SSSR count). The van der Waals surface area contributed by atoms with E-state index in [1.165, 1.54) is 0 Å². The first kappa shape index (κ1) is 14.0. The summed E-state index contributed by atoms with van der Waals surface area (Å²) in [5.41, 5.74) is 2.08. The highest BCUT2D eigenvalue weighted by atomic mass is 35.5. The van der Waals surface area contributed by atoms with Crippen LogP contribution in [0.1, 0.15) is 30.6 Å². The van der Waals surface area contributed by atoms with Crippen LogP contribution in [0.15, 0.2) is 42.9 Å². The summed E-state index contributed by atoms with van der Waals surface area (Å²) in [5.74, 6) is 0. The molecule has 0 saturated carbocycles. The van der Waals surface area contributed by atoms with Crippen LogP contribution in [0.4, 0.5) is 0 Å². The van der Waals surface area contributed by atoms with E-state index in [1.807, 2.05) is 24.4 Å². The average molecular weight is 276 g/mol. The predicted octanol–water partition coefficient (Wildman–Crippen LogP) is 3.41. The third-order valence-corrected chi connectivity index (χ3v) is 3.33. The molecule has 19 heavy (non-hydrogen) atoms. The number of benzene rings is 1. The van der Waals surface area contributed by atoms with Gasteiger partial charge in [0.2, 0.25) is 0 Å². The Balaban J connectivity index is 2.17. The second-order valence-electron chi connectivity index (χ2n) is 4.43. The fourth-order valence-electron chi connectivity index (χ4n) is 1.97. The molecule has 0 aliphatic carbocycles. The highest BCUT2D eigenvalue weighted by Gasteiger charge is 2.14. The number of hydrogen-bond donors (Lipinski definition) is 1. The molecule has 2 aromatic rings. The van der Waals surface area contributed by atoms with Crippen molar-refractivity contribution in [2.24, 2.45) is 0 Å². The molecular formula is C15H18ClN3. The van der Waals surface area contributed by atoms with Crippen LogP contribution in [0.2, 0.25) is 5.02 Å². The smallest absolute Gasteiger partial charge is 0.0759 e. The van der Waals surface area contributed by atoms with Crippen LogP contribution >= 0.6 is 11.6 Å². The Hall–Kier alpha value is -1.45. The quantitative estimate of drug-likeness (QED) is 0.878. The van der Waals surface area contributed by atoms with E-state index in [0.717, 1.165) is 35.7 Å². The standard InChI is InChI=1S/C15H18ClN3/c1-2-7-18-14(15-11-17-8-9-19-15)10-12-5-3-4-6-13(12)16/h3-6,8-9,11,14,18H,2,7,10H2,1H3. The average Bonchev–Trinajstić information content (AvgIpc) is 2.46. The molecule has 0 aliphatic rings. The van der Waals surface area contributed by atoms with E-state index < -0.39 is 0 Å². The summed E-state index contributed by atoms with van der Waals surface area (Å²) < 4.78 is 0. The maximum atomic E-state index is 6.23. The normalized spacial score (nSPS) is 12.3. The largest absolute Gasteiger partial charge is 0.308 e. The molecule has 4 heteroatoms. The molecule has 0 bridgehead atoms. The van der Waals surface area contributed by atoms with Gasteiger partial charge in [-0.25, -0.2) is 0 Å². The highest BCUT2D eigenvalue weighted by molar-refractivity contribution is 6.31. The van der Waals surface area contributed by atoms with Gasteiger partial charge in [0, 0.05) is 23.6 Å². The summed E-state index contributed by atoms with van der Waals surface area (Å²) in [7, 11) is 0. The molecule has 3 nitrogen and oxygen atoms in total. The molecule has 0 spiro atoms. The Morgan fingerprint density at radius 1 is 1.26 bits per heavy atom. The first-order valence-electron chi connectivity index (χ1n) is 6.54. The number of halogens is 1. The Morgan fingerprint density at radius 2 is 2.11 bits per heavy atom. The minimum Gasteiger partial charge on any atom is -0.308 e. The number of hydrogen-bond acceptors (Lipinski definition) is 3. The third-order valence-electron chi connectivity index (χ3n) is 2.96. The fraction of sp³-hybridized carbons (Fsp3) is 0.333. The van der Waals surface area contributed by atoms with Gasteiger partial charge in [-0.15, -0.1) is 0 Å². The van der Waals surface area contributed by atoms with Crippen LogP contribution in [0.25, 0.3) is 0 Å². The molecule has 0 amide bonds. The first-order valence-corrected chi connectivity index (χ1v) is 6.91. The van der Waals surface area contributed by atoms with E-state index in [0.29, 0.717) is 0 Å². The van der Waals surface area contributed by atoms with E-state index in [-0.39, 0.29) is 6.04 Å². The van der Waals surface area contributed by atoms with Gasteiger partial charge in [0.25, 0.3) is 0 Å². The van der Waals surface area contributed by atoms with Gasteiger partial charge in [0.15, 0.2) is 0 Å². The Kier molecular flexibility index (Phi) is 5.31. The Bertz CT molecular complexity index is 502. The van der Waals surface area contributed by atoms with Gasteiger partial charge in [-0.2, -0.15) is 0 Å². The number of aromatic nitrogens is 2. The minimum atomic E-state index is 0.147. The van der Waals surface area contributed by atoms with E-state index in [2.05, 4.69) is 28.3 Å². The monoisotopic (exact) mass is 275 g/mol. The summed E-state index contributed by atoms with van der Waals surface area (Å²) in [5, 5.41) is 4.30. The van der Waals surface area contributed by atoms with Crippen molar-refractivity contribution in [3.8, 4) is 0 Å². The second kappa shape index (κ2) is 7.22. The molecular weight excluding hydrogens is 258 g/mol. The summed E-state index contributed by atoms with van der Waals surface area (Å²) in [6.45, 7) is 3.10. The summed E-state index contributed by atoms with van der Waals surface area (Å²) in [6.07, 6.45) is 7.13. The molecule has 1 heterocycles. The van der Waals surface area contributed by atoms with Crippen molar-refractivity contribution < 1.29 is 0 Å². The molecule has 1 aromatic carbocycles. The maximum absolute atomic E-state index is 6.23. The maximum Gasteiger partial charge on any atom is 0.0759 e. The number of nitrogens with one attached hydrogen (secondary N) is 1. The van der Waals surface area contributed by atoms with E-state index >= 15 is 0 Å². The molecule has 100 valence electrons. The van der Waals surface area contributed by atoms with Crippen molar-refractivity contribution in [3.05, 3.63) is 59.1 Å². The lowest BCUT2D eigenvalue weighted by Crippen LogP contribution is -2.25. The van der Waals surface area contributed by atoms with E-state index in [9.17, 15) is 0 Å². The molecule has 1 aromatic heterocycles. The van der Waals surface area contributed by atoms with Crippen LogP contribution in [0.5, 0.6) is 0 Å². The Morgan fingerprint density at radius 3 is 2.79 bits per heavy atom. The Labute approximate surface area is 119 Å². The van der Waals surface area contributed by atoms with Crippen molar-refractivity contribution in [1.29, 1.82) is 0 Å². The predicted molar refractivity (Wildman–Crippen MR) is 78.2 cm³/mol. The van der Waals surface area contributed by atoms with Gasteiger partial charge in [-0.05, 0) is 31.0 Å². The summed E-state index contributed by atoms with van der Waals surface area (Å²) in [4.78, 5) is 8.53. The van der Waals surface area contributed by atoms with Crippen molar-refractivity contribution in [3.63, 3.8) is 0 Å². The zero-order valence-corrected chi connectivity index (χ0v) is 11.8. The molecule has 0 radical (unpaired) electrons. The first-order chi connectivity index (χ1) is 9.31. The summed E-state index contributed by atoms with van der Waals surface area (Å²) >= 11 is 6.23. The van der Waals surface area contributed by atoms with Gasteiger partial charge < -0.3 is 5.32 Å². The lowest BCUT2D eigenvalue weighted by atomic mass is 10.0. The van der Waals surface area contributed by atoms with Crippen molar-refractivity contribution in [2.75, 3.05) is 6.54 Å². The summed E-state index contributed by atoms with van der Waals surface area (Å²) in [6, 6.07) is 8.08. The number of nitrogens with zero attached hydrogens (tertiary/aromatic N) is 2. The fourth-order valence-corrected chi connectivity index (χ4v) is 2.19. The highest BCUT2D eigenvalue weighted by Crippen LogP contribution is 2.22. The zero-order valence-electron chi connectivity index (χ0n) is 11.0. The molecule has 0 fully saturated rings. The van der Waals surface area contributed by atoms with Crippen molar-refractivity contribution >= 4 is 11.6 Å². The molecule has 1 atom stereocenters. The van der Waals surface area contributed by atoms with Crippen LogP contribution in [-0.4, -0.2) is 16.5 Å². The van der Waals surface area contributed by atoms with Gasteiger partial charge >= 0.3 is 0 Å². The van der Waals surface area contributed by atoms with Crippen molar-refractivity contribution in [1.82, 2.24) is 15.3 Å². The van der Waals surface area contributed by atoms with Crippen LogP contribution in [0.3, 0.4) is 0 Å². The van der Waals surface area contributed by atoms with Crippen LogP contribution in [-0.2, 0) is 6.42 Å². The van der Waals surface area contributed by atoms with Crippen LogP contribution < -0.4 is 5.32 Å². The third kappa shape index (κ3) is 4.01. The zero-order chi connectivity index (χ0) is 13.5. The van der Waals surface area contributed by atoms with Crippen molar-refractivity contribution in [2.45, 2.75) is 25.8 Å². The molecule has 1 N–H and O–H groups in total. The van der Waals surface area contributed by atoms with Gasteiger partial charge in [-0.1, -0.05) is 36.7 Å². The molecule has 0 saturated heterocycles. The lowest BCUT2D eigenvalue weighted by Gasteiger charge is -2.18. The second-order valence-corrected chi connectivity index (χ2v) is 4.84.